The fourth-order valence-corrected chi connectivity index (χ4v) is 8.35. The number of aliphatic hydroxyl groups is 4. The summed E-state index contributed by atoms with van der Waals surface area (Å²) in [6.07, 6.45) is -7.94. The Morgan fingerprint density at radius 3 is 2.19 bits per heavy atom. The van der Waals surface area contributed by atoms with Crippen LogP contribution in [0.15, 0.2) is 41.5 Å². The van der Waals surface area contributed by atoms with Crippen molar-refractivity contribution >= 4 is 17.9 Å². The lowest BCUT2D eigenvalue weighted by Crippen LogP contribution is -2.79. The van der Waals surface area contributed by atoms with Crippen molar-refractivity contribution in [3.8, 4) is 0 Å². The summed E-state index contributed by atoms with van der Waals surface area (Å²) in [6.45, 7) is 8.47. The summed E-state index contributed by atoms with van der Waals surface area (Å²) in [6, 6.07) is 8.27. The van der Waals surface area contributed by atoms with Gasteiger partial charge in [0, 0.05) is 25.7 Å². The van der Waals surface area contributed by atoms with Gasteiger partial charge in [-0.1, -0.05) is 25.1 Å². The molecule has 3 fully saturated rings. The zero-order valence-electron chi connectivity index (χ0n) is 24.7. The van der Waals surface area contributed by atoms with Gasteiger partial charge in [-0.25, -0.2) is 4.79 Å². The number of hydrogen-bond donors (Lipinski definition) is 4. The first-order valence-corrected chi connectivity index (χ1v) is 14.2. The molecular weight excluding hydrogens is 548 g/mol. The van der Waals surface area contributed by atoms with Crippen molar-refractivity contribution in [3.05, 3.63) is 47.0 Å². The fraction of sp³-hybridized carbons (Fsp3) is 0.645. The molecule has 1 saturated heterocycles. The zero-order valence-corrected chi connectivity index (χ0v) is 24.7. The molecule has 0 radical (unpaired) electrons. The van der Waals surface area contributed by atoms with Crippen molar-refractivity contribution in [1.29, 1.82) is 0 Å². The zero-order chi connectivity index (χ0) is 31.0. The molecule has 6 unspecified atom stereocenters. The van der Waals surface area contributed by atoms with Gasteiger partial charge < -0.3 is 39.4 Å². The van der Waals surface area contributed by atoms with Crippen LogP contribution in [0.4, 0.5) is 0 Å². The molecule has 0 bridgehead atoms. The summed E-state index contributed by atoms with van der Waals surface area (Å²) < 4.78 is 24.1. The minimum Gasteiger partial charge on any atom is -0.461 e. The van der Waals surface area contributed by atoms with E-state index >= 15 is 0 Å². The molecule has 11 nitrogen and oxygen atoms in total. The average Bonchev–Trinajstić information content (AvgIpc) is 3.15. The fourth-order valence-electron chi connectivity index (χ4n) is 8.35. The highest BCUT2D eigenvalue weighted by Gasteiger charge is 2.79. The summed E-state index contributed by atoms with van der Waals surface area (Å²) in [7, 11) is 0. The minimum atomic E-state index is -1.74. The van der Waals surface area contributed by atoms with E-state index < -0.39 is 82.5 Å². The van der Waals surface area contributed by atoms with E-state index in [-0.39, 0.29) is 30.6 Å². The van der Waals surface area contributed by atoms with Gasteiger partial charge in [-0.05, 0) is 50.5 Å². The van der Waals surface area contributed by atoms with Crippen molar-refractivity contribution in [2.75, 3.05) is 6.61 Å². The molecule has 0 amide bonds. The maximum atomic E-state index is 13.4. The van der Waals surface area contributed by atoms with E-state index in [4.69, 9.17) is 18.9 Å². The molecule has 2 saturated carbocycles. The van der Waals surface area contributed by atoms with Crippen LogP contribution in [-0.2, 0) is 28.5 Å². The molecular formula is C31H40O11. The predicted octanol–water partition coefficient (Wildman–Crippen LogP) is 1.44. The third kappa shape index (κ3) is 4.16. The quantitative estimate of drug-likeness (QED) is 0.223. The van der Waals surface area contributed by atoms with E-state index in [1.165, 1.54) is 27.7 Å². The van der Waals surface area contributed by atoms with Crippen LogP contribution in [0.5, 0.6) is 0 Å². The highest BCUT2D eigenvalue weighted by molar-refractivity contribution is 5.89. The van der Waals surface area contributed by atoms with Gasteiger partial charge in [0.15, 0.2) is 5.60 Å². The lowest BCUT2D eigenvalue weighted by atomic mass is 9.49. The van der Waals surface area contributed by atoms with E-state index in [0.717, 1.165) is 0 Å². The number of ether oxygens (including phenoxy) is 4. The lowest BCUT2D eigenvalue weighted by Gasteiger charge is -2.65. The van der Waals surface area contributed by atoms with Crippen LogP contribution in [0.25, 0.3) is 0 Å². The largest absolute Gasteiger partial charge is 0.461 e. The van der Waals surface area contributed by atoms with Gasteiger partial charge in [-0.2, -0.15) is 0 Å². The third-order valence-corrected chi connectivity index (χ3v) is 10.3. The molecule has 3 aliphatic carbocycles. The van der Waals surface area contributed by atoms with Gasteiger partial charge in [0.1, 0.15) is 24.4 Å². The van der Waals surface area contributed by atoms with E-state index in [0.29, 0.717) is 5.57 Å². The van der Waals surface area contributed by atoms with Gasteiger partial charge in [0.25, 0.3) is 0 Å². The van der Waals surface area contributed by atoms with Crippen molar-refractivity contribution in [2.24, 2.45) is 16.7 Å². The number of carbonyl (C=O) groups excluding carboxylic acids is 3. The number of aliphatic hydroxyl groups excluding tert-OH is 3. The van der Waals surface area contributed by atoms with Crippen molar-refractivity contribution in [3.63, 3.8) is 0 Å². The van der Waals surface area contributed by atoms with Crippen LogP contribution in [0.2, 0.25) is 0 Å². The summed E-state index contributed by atoms with van der Waals surface area (Å²) in [5.74, 6) is -3.22. The molecule has 10 atom stereocenters. The van der Waals surface area contributed by atoms with Crippen molar-refractivity contribution in [1.82, 2.24) is 0 Å². The Kier molecular flexibility index (Phi) is 7.38. The van der Waals surface area contributed by atoms with E-state index in [1.54, 1.807) is 44.2 Å². The Balaban J connectivity index is 1.80. The molecule has 1 heterocycles. The van der Waals surface area contributed by atoms with Gasteiger partial charge in [-0.3, -0.25) is 9.59 Å². The van der Waals surface area contributed by atoms with Gasteiger partial charge in [-0.15, -0.1) is 0 Å². The Morgan fingerprint density at radius 2 is 1.67 bits per heavy atom. The number of carbonyl (C=O) groups is 3. The Labute approximate surface area is 244 Å². The Morgan fingerprint density at radius 1 is 1.02 bits per heavy atom. The number of benzene rings is 1. The first-order valence-electron chi connectivity index (χ1n) is 14.2. The van der Waals surface area contributed by atoms with Crippen molar-refractivity contribution < 1.29 is 53.8 Å². The van der Waals surface area contributed by atoms with Crippen LogP contribution < -0.4 is 0 Å². The topological polar surface area (TPSA) is 169 Å². The molecule has 0 spiro atoms. The molecule has 1 aromatic rings. The van der Waals surface area contributed by atoms with E-state index in [2.05, 4.69) is 0 Å². The van der Waals surface area contributed by atoms with Crippen LogP contribution in [0, 0.1) is 16.7 Å². The molecule has 1 aliphatic heterocycles. The molecule has 4 aliphatic rings. The second-order valence-electron chi connectivity index (χ2n) is 13.0. The van der Waals surface area contributed by atoms with Crippen LogP contribution in [-0.4, -0.2) is 92.8 Å². The molecule has 0 aromatic heterocycles. The molecule has 11 heteroatoms. The predicted molar refractivity (Wildman–Crippen MR) is 146 cm³/mol. The molecule has 4 N–H and O–H groups in total. The number of rotatable bonds is 5. The highest BCUT2D eigenvalue weighted by Crippen LogP contribution is 2.68. The third-order valence-electron chi connectivity index (χ3n) is 10.3. The van der Waals surface area contributed by atoms with E-state index in [1.807, 2.05) is 0 Å². The SMILES string of the molecule is CC(=O)OC1[C@H]2[C@@](C)(C(OC(=O)c3ccccc3)CC3OC[C@]32OC(C)=O)C(O)C(O)C2=C(C)C(O)C[C@@]21C(C)(C)O. The first kappa shape index (κ1) is 30.6. The average molecular weight is 589 g/mol. The maximum Gasteiger partial charge on any atom is 0.338 e. The molecule has 5 rings (SSSR count). The van der Waals surface area contributed by atoms with E-state index in [9.17, 15) is 34.8 Å². The monoisotopic (exact) mass is 588 g/mol. The summed E-state index contributed by atoms with van der Waals surface area (Å²) in [5, 5.41) is 47.1. The van der Waals surface area contributed by atoms with Crippen LogP contribution in [0.1, 0.15) is 64.7 Å². The molecule has 230 valence electrons. The smallest absolute Gasteiger partial charge is 0.338 e. The summed E-state index contributed by atoms with van der Waals surface area (Å²) >= 11 is 0. The Hall–Kier alpha value is -2.83. The number of esters is 3. The van der Waals surface area contributed by atoms with Crippen LogP contribution in [0.3, 0.4) is 0 Å². The minimum absolute atomic E-state index is 0.00555. The van der Waals surface area contributed by atoms with Gasteiger partial charge in [0.2, 0.25) is 0 Å². The number of hydrogen-bond acceptors (Lipinski definition) is 11. The second-order valence-corrected chi connectivity index (χ2v) is 13.0. The van der Waals surface area contributed by atoms with Gasteiger partial charge in [0.05, 0.1) is 41.3 Å². The van der Waals surface area contributed by atoms with Crippen molar-refractivity contribution in [2.45, 2.75) is 102 Å². The summed E-state index contributed by atoms with van der Waals surface area (Å²) in [4.78, 5) is 38.8. The first-order chi connectivity index (χ1) is 19.5. The van der Waals surface area contributed by atoms with Gasteiger partial charge >= 0.3 is 17.9 Å². The van der Waals surface area contributed by atoms with Crippen LogP contribution >= 0.6 is 0 Å². The molecule has 1 aromatic carbocycles. The standard InChI is InChI=1S/C31H40O11/c1-15-19(34)13-30(28(4,5)38)22(15)23(35)25(36)29(6)20(41-27(37)18-10-8-7-9-11-18)12-21-31(14-39-21,42-17(3)33)24(29)26(30)40-16(2)32/h7-11,19-21,23-26,34-36,38H,12-14H2,1-6H3/t19?,20?,21?,23?,24-,25?,26?,29+,30+,31-/m0/s1. The summed E-state index contributed by atoms with van der Waals surface area (Å²) in [5.41, 5.74) is -5.74. The highest BCUT2D eigenvalue weighted by atomic mass is 16.6. The molecule has 42 heavy (non-hydrogen) atoms. The normalized spacial score (nSPS) is 41.0. The lowest BCUT2D eigenvalue weighted by molar-refractivity contribution is -0.351. The number of fused-ring (bicyclic) bond motifs is 4. The second kappa shape index (κ2) is 10.1. The Bertz CT molecular complexity index is 1300. The maximum absolute atomic E-state index is 13.4.